The Labute approximate surface area is 102 Å². The Hall–Kier alpha value is -2.21. The van der Waals surface area contributed by atoms with Crippen LogP contribution in [0, 0.1) is 0 Å². The Bertz CT molecular complexity index is 629. The van der Waals surface area contributed by atoms with Crippen molar-refractivity contribution in [2.24, 2.45) is 0 Å². The molecule has 3 aromatic heterocycles. The van der Waals surface area contributed by atoms with E-state index in [0.717, 1.165) is 16.4 Å². The van der Waals surface area contributed by atoms with Crippen LogP contribution in [-0.2, 0) is 0 Å². The zero-order valence-electron chi connectivity index (χ0n) is 8.82. The molecule has 0 radical (unpaired) electrons. The van der Waals surface area contributed by atoms with Gasteiger partial charge >= 0.3 is 0 Å². The maximum absolute atomic E-state index is 5.68. The number of nitrogens with zero attached hydrogens (tertiary/aromatic N) is 4. The van der Waals surface area contributed by atoms with Crippen LogP contribution in [0.25, 0.3) is 16.4 Å². The van der Waals surface area contributed by atoms with Gasteiger partial charge in [-0.3, -0.25) is 0 Å². The van der Waals surface area contributed by atoms with Gasteiger partial charge in [-0.15, -0.1) is 11.3 Å². The second kappa shape index (κ2) is 3.99. The molecule has 3 aromatic rings. The molecule has 0 aliphatic heterocycles. The molecular weight excluding hydrogens is 234 g/mol. The zero-order valence-corrected chi connectivity index (χ0v) is 9.63. The standard InChI is InChI=1S/C11H9N5S/c12-10-7-8(1-3-13-10)9-2-4-15-16(9)11-14-5-6-17-11/h1-7H,(H2,12,13). The Morgan fingerprint density at radius 3 is 2.82 bits per heavy atom. The SMILES string of the molecule is Nc1cc(-c2ccnn2-c2nccs2)ccn1. The molecule has 0 atom stereocenters. The molecule has 0 aliphatic carbocycles. The average molecular weight is 243 g/mol. The summed E-state index contributed by atoms with van der Waals surface area (Å²) in [6.07, 6.45) is 5.18. The number of anilines is 1. The minimum absolute atomic E-state index is 0.495. The molecule has 3 rings (SSSR count). The van der Waals surface area contributed by atoms with E-state index in [2.05, 4.69) is 15.1 Å². The molecule has 0 fully saturated rings. The van der Waals surface area contributed by atoms with Crippen LogP contribution in [0.5, 0.6) is 0 Å². The lowest BCUT2D eigenvalue weighted by Crippen LogP contribution is -1.98. The fourth-order valence-corrected chi connectivity index (χ4v) is 2.21. The molecule has 0 amide bonds. The third-order valence-corrected chi connectivity index (χ3v) is 3.07. The molecule has 6 heteroatoms. The topological polar surface area (TPSA) is 69.6 Å². The molecular formula is C11H9N5S. The molecule has 84 valence electrons. The van der Waals surface area contributed by atoms with Gasteiger partial charge in [0.15, 0.2) is 0 Å². The zero-order chi connectivity index (χ0) is 11.7. The van der Waals surface area contributed by atoms with Crippen molar-refractivity contribution in [1.29, 1.82) is 0 Å². The van der Waals surface area contributed by atoms with E-state index in [4.69, 9.17) is 5.73 Å². The summed E-state index contributed by atoms with van der Waals surface area (Å²) in [4.78, 5) is 8.22. The van der Waals surface area contributed by atoms with Crippen molar-refractivity contribution in [1.82, 2.24) is 19.7 Å². The van der Waals surface area contributed by atoms with Gasteiger partial charge in [-0.25, -0.2) is 14.6 Å². The van der Waals surface area contributed by atoms with Crippen LogP contribution < -0.4 is 5.73 Å². The van der Waals surface area contributed by atoms with Gasteiger partial charge in [0.05, 0.1) is 11.9 Å². The first-order valence-corrected chi connectivity index (χ1v) is 5.88. The second-order valence-electron chi connectivity index (χ2n) is 3.41. The van der Waals surface area contributed by atoms with Crippen molar-refractivity contribution >= 4 is 17.2 Å². The first-order valence-electron chi connectivity index (χ1n) is 5.00. The van der Waals surface area contributed by atoms with E-state index in [-0.39, 0.29) is 0 Å². The third-order valence-electron chi connectivity index (χ3n) is 2.32. The summed E-state index contributed by atoms with van der Waals surface area (Å²) in [6.45, 7) is 0. The van der Waals surface area contributed by atoms with Crippen LogP contribution >= 0.6 is 11.3 Å². The highest BCUT2D eigenvalue weighted by atomic mass is 32.1. The lowest BCUT2D eigenvalue weighted by atomic mass is 10.2. The van der Waals surface area contributed by atoms with Gasteiger partial charge in [-0.05, 0) is 18.2 Å². The molecule has 3 heterocycles. The fourth-order valence-electron chi connectivity index (χ4n) is 1.60. The lowest BCUT2D eigenvalue weighted by Gasteiger charge is -2.04. The number of pyridine rings is 1. The van der Waals surface area contributed by atoms with Crippen molar-refractivity contribution in [3.05, 3.63) is 42.2 Å². The Morgan fingerprint density at radius 2 is 2.06 bits per heavy atom. The van der Waals surface area contributed by atoms with Gasteiger partial charge in [0.2, 0.25) is 5.13 Å². The smallest absolute Gasteiger partial charge is 0.210 e. The molecule has 0 saturated carbocycles. The molecule has 17 heavy (non-hydrogen) atoms. The summed E-state index contributed by atoms with van der Waals surface area (Å²) in [6, 6.07) is 5.65. The van der Waals surface area contributed by atoms with Crippen LogP contribution in [0.3, 0.4) is 0 Å². The van der Waals surface area contributed by atoms with Crippen molar-refractivity contribution in [2.75, 3.05) is 5.73 Å². The molecule has 2 N–H and O–H groups in total. The normalized spacial score (nSPS) is 10.6. The number of nitrogen functional groups attached to an aromatic ring is 1. The first-order chi connectivity index (χ1) is 8.34. The maximum atomic E-state index is 5.68. The third kappa shape index (κ3) is 1.78. The average Bonchev–Trinajstić information content (AvgIpc) is 3.00. The number of hydrogen-bond donors (Lipinski definition) is 1. The molecule has 5 nitrogen and oxygen atoms in total. The summed E-state index contributed by atoms with van der Waals surface area (Å²) >= 11 is 1.54. The van der Waals surface area contributed by atoms with Crippen molar-refractivity contribution in [3.63, 3.8) is 0 Å². The molecule has 0 saturated heterocycles. The molecule has 0 aromatic carbocycles. The quantitative estimate of drug-likeness (QED) is 0.747. The van der Waals surface area contributed by atoms with Crippen molar-refractivity contribution in [3.8, 4) is 16.4 Å². The van der Waals surface area contributed by atoms with Gasteiger partial charge in [0.1, 0.15) is 5.82 Å². The van der Waals surface area contributed by atoms with Crippen molar-refractivity contribution in [2.45, 2.75) is 0 Å². The minimum Gasteiger partial charge on any atom is -0.384 e. The van der Waals surface area contributed by atoms with E-state index in [1.807, 2.05) is 23.6 Å². The molecule has 0 aliphatic rings. The maximum Gasteiger partial charge on any atom is 0.210 e. The lowest BCUT2D eigenvalue weighted by molar-refractivity contribution is 0.876. The number of rotatable bonds is 2. The minimum atomic E-state index is 0.495. The van der Waals surface area contributed by atoms with E-state index in [9.17, 15) is 0 Å². The van der Waals surface area contributed by atoms with Gasteiger partial charge in [0.25, 0.3) is 0 Å². The van der Waals surface area contributed by atoms with Crippen LogP contribution in [0.15, 0.2) is 42.2 Å². The van der Waals surface area contributed by atoms with E-state index >= 15 is 0 Å². The Balaban J connectivity index is 2.14. The van der Waals surface area contributed by atoms with Crippen molar-refractivity contribution < 1.29 is 0 Å². The van der Waals surface area contributed by atoms with E-state index in [0.29, 0.717) is 5.82 Å². The number of thiazole rings is 1. The highest BCUT2D eigenvalue weighted by molar-refractivity contribution is 7.12. The van der Waals surface area contributed by atoms with E-state index in [1.54, 1.807) is 23.3 Å². The number of nitrogens with two attached hydrogens (primary N) is 1. The second-order valence-corrected chi connectivity index (χ2v) is 4.29. The van der Waals surface area contributed by atoms with E-state index < -0.39 is 0 Å². The summed E-state index contributed by atoms with van der Waals surface area (Å²) in [5, 5.41) is 7.02. The summed E-state index contributed by atoms with van der Waals surface area (Å²) in [7, 11) is 0. The highest BCUT2D eigenvalue weighted by Gasteiger charge is 2.09. The monoisotopic (exact) mass is 243 g/mol. The van der Waals surface area contributed by atoms with Crippen LogP contribution in [0.1, 0.15) is 0 Å². The van der Waals surface area contributed by atoms with Gasteiger partial charge in [0, 0.05) is 23.3 Å². The fraction of sp³-hybridized carbons (Fsp3) is 0. The Morgan fingerprint density at radius 1 is 1.12 bits per heavy atom. The summed E-state index contributed by atoms with van der Waals surface area (Å²) in [5.74, 6) is 0.495. The molecule has 0 bridgehead atoms. The first kappa shape index (κ1) is 9.98. The largest absolute Gasteiger partial charge is 0.384 e. The predicted molar refractivity (Wildman–Crippen MR) is 66.9 cm³/mol. The van der Waals surface area contributed by atoms with Gasteiger partial charge in [-0.2, -0.15) is 5.10 Å². The van der Waals surface area contributed by atoms with Crippen LogP contribution in [-0.4, -0.2) is 19.7 Å². The van der Waals surface area contributed by atoms with Crippen LogP contribution in [0.4, 0.5) is 5.82 Å². The number of aromatic nitrogens is 4. The predicted octanol–water partition coefficient (Wildman–Crippen LogP) is 1.97. The number of hydrogen-bond acceptors (Lipinski definition) is 5. The highest BCUT2D eigenvalue weighted by Crippen LogP contribution is 2.23. The molecule has 0 unspecified atom stereocenters. The molecule has 0 spiro atoms. The summed E-state index contributed by atoms with van der Waals surface area (Å²) in [5.41, 5.74) is 7.61. The summed E-state index contributed by atoms with van der Waals surface area (Å²) < 4.78 is 1.79. The Kier molecular flexibility index (Phi) is 2.34. The van der Waals surface area contributed by atoms with Gasteiger partial charge in [-0.1, -0.05) is 0 Å². The van der Waals surface area contributed by atoms with Crippen LogP contribution in [0.2, 0.25) is 0 Å². The van der Waals surface area contributed by atoms with Gasteiger partial charge < -0.3 is 5.73 Å². The van der Waals surface area contributed by atoms with E-state index in [1.165, 1.54) is 11.3 Å².